The number of amides is 3. The molecule has 13 nitrogen and oxygen atoms in total. The zero-order valence-electron chi connectivity index (χ0n) is 30.5. The van der Waals surface area contributed by atoms with Crippen molar-refractivity contribution in [3.05, 3.63) is 30.0 Å². The Hall–Kier alpha value is -4.13. The van der Waals surface area contributed by atoms with Gasteiger partial charge in [0.1, 0.15) is 23.1 Å². The Morgan fingerprint density at radius 3 is 2.55 bits per heavy atom. The summed E-state index contributed by atoms with van der Waals surface area (Å²) in [7, 11) is 3.33. The van der Waals surface area contributed by atoms with Gasteiger partial charge in [0, 0.05) is 44.9 Å². The van der Waals surface area contributed by atoms with Gasteiger partial charge in [-0.05, 0) is 84.9 Å². The van der Waals surface area contributed by atoms with Crippen LogP contribution in [0.2, 0.25) is 0 Å². The normalized spacial score (nSPS) is 17.1. The van der Waals surface area contributed by atoms with Gasteiger partial charge in [0.25, 0.3) is 5.91 Å². The highest BCUT2D eigenvalue weighted by molar-refractivity contribution is 6.04. The molecule has 3 amide bonds. The maximum Gasteiger partial charge on any atom is 0.410 e. The predicted octanol–water partition coefficient (Wildman–Crippen LogP) is 5.90. The summed E-state index contributed by atoms with van der Waals surface area (Å²) in [5.74, 6) is 1.47. The summed E-state index contributed by atoms with van der Waals surface area (Å²) in [6.07, 6.45) is 7.73. The lowest BCUT2D eigenvalue weighted by Gasteiger charge is -2.43. The molecule has 2 heterocycles. The van der Waals surface area contributed by atoms with Gasteiger partial charge in [0.2, 0.25) is 11.9 Å². The largest absolute Gasteiger partial charge is 0.495 e. The number of hydrogen-bond donors (Lipinski definition) is 2. The molecular formula is C36H55N7O6. The van der Waals surface area contributed by atoms with Gasteiger partial charge in [-0.2, -0.15) is 4.98 Å². The summed E-state index contributed by atoms with van der Waals surface area (Å²) in [6.45, 7) is 13.6. The van der Waals surface area contributed by atoms with Crippen LogP contribution < -0.4 is 25.2 Å². The number of ether oxygens (including phenoxy) is 3. The quantitative estimate of drug-likeness (QED) is 0.218. The van der Waals surface area contributed by atoms with Crippen molar-refractivity contribution in [3.63, 3.8) is 0 Å². The molecule has 4 rings (SSSR count). The van der Waals surface area contributed by atoms with Gasteiger partial charge in [-0.15, -0.1) is 0 Å². The van der Waals surface area contributed by atoms with Crippen molar-refractivity contribution >= 4 is 41.0 Å². The molecule has 1 fully saturated rings. The molecule has 0 saturated heterocycles. The maximum absolute atomic E-state index is 13.2. The maximum atomic E-state index is 13.2. The Bertz CT molecular complexity index is 1440. The van der Waals surface area contributed by atoms with Crippen molar-refractivity contribution in [2.45, 2.75) is 110 Å². The average Bonchev–Trinajstić information content (AvgIpc) is 3.60. The van der Waals surface area contributed by atoms with Crippen LogP contribution in [0, 0.1) is 0 Å². The molecule has 0 radical (unpaired) electrons. The number of benzene rings is 1. The highest BCUT2D eigenvalue weighted by Crippen LogP contribution is 2.40. The number of hydrogen-bond acceptors (Lipinski definition) is 10. The van der Waals surface area contributed by atoms with Crippen molar-refractivity contribution in [1.29, 1.82) is 0 Å². The van der Waals surface area contributed by atoms with Crippen LogP contribution in [-0.4, -0.2) is 97.0 Å². The Balaban J connectivity index is 1.30. The van der Waals surface area contributed by atoms with Gasteiger partial charge >= 0.3 is 6.09 Å². The molecule has 1 saturated carbocycles. The molecule has 0 bridgehead atoms. The van der Waals surface area contributed by atoms with E-state index in [2.05, 4.69) is 20.5 Å². The van der Waals surface area contributed by atoms with Gasteiger partial charge in [0.05, 0.1) is 25.1 Å². The number of nitrogens with zero attached hydrogens (tertiary/aromatic N) is 5. The molecule has 1 aromatic heterocycles. The fraction of sp³-hybridized carbons (Fsp3) is 0.639. The lowest BCUT2D eigenvalue weighted by molar-refractivity contribution is -0.120. The molecule has 1 aliphatic carbocycles. The van der Waals surface area contributed by atoms with Crippen LogP contribution in [0.4, 0.5) is 27.9 Å². The summed E-state index contributed by atoms with van der Waals surface area (Å²) in [5.41, 5.74) is 1.25. The fourth-order valence-corrected chi connectivity index (χ4v) is 6.29. The van der Waals surface area contributed by atoms with Gasteiger partial charge < -0.3 is 39.5 Å². The second kappa shape index (κ2) is 17.0. The number of rotatable bonds is 15. The Labute approximate surface area is 291 Å². The summed E-state index contributed by atoms with van der Waals surface area (Å²) >= 11 is 0. The number of anilines is 4. The molecule has 49 heavy (non-hydrogen) atoms. The number of likely N-dealkylation sites (N-methyl/N-ethyl adjacent to an activating group) is 1. The smallest absolute Gasteiger partial charge is 0.410 e. The van der Waals surface area contributed by atoms with E-state index in [1.165, 1.54) is 0 Å². The minimum Gasteiger partial charge on any atom is -0.495 e. The lowest BCUT2D eigenvalue weighted by Crippen LogP contribution is -2.55. The number of aromatic nitrogens is 2. The van der Waals surface area contributed by atoms with E-state index in [0.29, 0.717) is 74.1 Å². The highest BCUT2D eigenvalue weighted by Gasteiger charge is 2.41. The molecule has 1 aromatic carbocycles. The monoisotopic (exact) mass is 681 g/mol. The van der Waals surface area contributed by atoms with Crippen LogP contribution in [0.25, 0.3) is 0 Å². The molecule has 270 valence electrons. The van der Waals surface area contributed by atoms with Gasteiger partial charge in [-0.1, -0.05) is 19.8 Å². The van der Waals surface area contributed by atoms with Crippen LogP contribution in [0.1, 0.15) is 96.8 Å². The van der Waals surface area contributed by atoms with Crippen LogP contribution in [0.15, 0.2) is 24.4 Å². The second-order valence-corrected chi connectivity index (χ2v) is 13.7. The summed E-state index contributed by atoms with van der Waals surface area (Å²) in [6, 6.07) is 5.20. The Morgan fingerprint density at radius 1 is 1.16 bits per heavy atom. The van der Waals surface area contributed by atoms with E-state index < -0.39 is 5.60 Å². The third-order valence-electron chi connectivity index (χ3n) is 8.97. The molecule has 1 unspecified atom stereocenters. The van der Waals surface area contributed by atoms with Gasteiger partial charge in [-0.3, -0.25) is 9.59 Å². The molecule has 1 aliphatic heterocycles. The molecular weight excluding hydrogens is 626 g/mol. The first-order valence-electron chi connectivity index (χ1n) is 17.6. The lowest BCUT2D eigenvalue weighted by atomic mass is 10.0. The van der Waals surface area contributed by atoms with Crippen LogP contribution in [-0.2, 0) is 14.3 Å². The van der Waals surface area contributed by atoms with Gasteiger partial charge in [-0.25, -0.2) is 9.78 Å². The standard InChI is InChI=1S/C36H55N7O6/c1-9-28-33(45)41(7)29-23-38-34(40-31(29)43(28)26-14-11-12-15-26)39-27-17-16-25(22-30(27)47-8)32(44)37-19-13-21-48-24(3)18-20-42(10-2)35(46)49-36(4,5)6/h16-17,22-24,26,28H,9-15,18-21H2,1-8H3,(H,37,44)(H,38,39,40)/t24?,28-/m1/s1. The van der Waals surface area contributed by atoms with E-state index >= 15 is 0 Å². The molecule has 2 aliphatic rings. The third-order valence-corrected chi connectivity index (χ3v) is 8.97. The summed E-state index contributed by atoms with van der Waals surface area (Å²) < 4.78 is 17.0. The first-order valence-corrected chi connectivity index (χ1v) is 17.6. The highest BCUT2D eigenvalue weighted by atomic mass is 16.6. The number of methoxy groups -OCH3 is 1. The number of fused-ring (bicyclic) bond motifs is 1. The van der Waals surface area contributed by atoms with Crippen molar-refractivity contribution in [3.8, 4) is 5.75 Å². The molecule has 13 heteroatoms. The minimum absolute atomic E-state index is 0.0437. The summed E-state index contributed by atoms with van der Waals surface area (Å²) in [4.78, 5) is 53.5. The van der Waals surface area contributed by atoms with E-state index in [1.54, 1.807) is 48.4 Å². The van der Waals surface area contributed by atoms with Crippen molar-refractivity contribution in [1.82, 2.24) is 20.2 Å². The molecule has 2 N–H and O–H groups in total. The van der Waals surface area contributed by atoms with Crippen LogP contribution in [0.5, 0.6) is 5.75 Å². The first kappa shape index (κ1) is 37.7. The van der Waals surface area contributed by atoms with E-state index in [0.717, 1.165) is 31.5 Å². The van der Waals surface area contributed by atoms with Crippen molar-refractivity contribution in [2.24, 2.45) is 0 Å². The fourth-order valence-electron chi connectivity index (χ4n) is 6.29. The minimum atomic E-state index is -0.532. The number of nitrogens with one attached hydrogen (secondary N) is 2. The topological polar surface area (TPSA) is 138 Å². The number of carbonyl (C=O) groups excluding carboxylic acids is 3. The van der Waals surface area contributed by atoms with Gasteiger partial charge in [0.15, 0.2) is 5.82 Å². The van der Waals surface area contributed by atoms with E-state index in [4.69, 9.17) is 19.2 Å². The Kier molecular flexibility index (Phi) is 13.1. The molecule has 2 atom stereocenters. The van der Waals surface area contributed by atoms with E-state index in [9.17, 15) is 14.4 Å². The third kappa shape index (κ3) is 9.74. The van der Waals surface area contributed by atoms with Crippen molar-refractivity contribution < 1.29 is 28.6 Å². The summed E-state index contributed by atoms with van der Waals surface area (Å²) in [5, 5.41) is 6.21. The van der Waals surface area contributed by atoms with E-state index in [-0.39, 0.29) is 36.1 Å². The van der Waals surface area contributed by atoms with Crippen LogP contribution in [0.3, 0.4) is 0 Å². The second-order valence-electron chi connectivity index (χ2n) is 13.7. The SMILES string of the molecule is CC[C@@H]1C(=O)N(C)c2cnc(Nc3ccc(C(=O)NCCCOC(C)CCN(CC)C(=O)OC(C)(C)C)cc3OC)nc2N1C1CCCC1. The van der Waals surface area contributed by atoms with E-state index in [1.807, 2.05) is 41.5 Å². The Morgan fingerprint density at radius 2 is 1.90 bits per heavy atom. The molecule has 2 aromatic rings. The zero-order valence-corrected chi connectivity index (χ0v) is 30.5. The molecule has 0 spiro atoms. The predicted molar refractivity (Wildman–Crippen MR) is 191 cm³/mol. The first-order chi connectivity index (χ1) is 23.4. The average molecular weight is 682 g/mol. The zero-order chi connectivity index (χ0) is 35.7. The van der Waals surface area contributed by atoms with Crippen LogP contribution >= 0.6 is 0 Å². The van der Waals surface area contributed by atoms with Crippen molar-refractivity contribution in [2.75, 3.05) is 55.5 Å². The number of carbonyl (C=O) groups is 3.